The predicted octanol–water partition coefficient (Wildman–Crippen LogP) is 5.00. The van der Waals surface area contributed by atoms with Crippen LogP contribution in [0, 0.1) is 11.3 Å². The van der Waals surface area contributed by atoms with Crippen molar-refractivity contribution in [2.45, 2.75) is 45.4 Å². The molecule has 1 aliphatic carbocycles. The number of nitrogens with one attached hydrogen (secondary N) is 1. The second kappa shape index (κ2) is 10.2. The number of carbonyl (C=O) groups excluding carboxylic acids is 2. The molecule has 4 nitrogen and oxygen atoms in total. The van der Waals surface area contributed by atoms with Gasteiger partial charge in [0.1, 0.15) is 0 Å². The molecule has 2 aliphatic rings. The van der Waals surface area contributed by atoms with Gasteiger partial charge in [0.05, 0.1) is 5.41 Å². The van der Waals surface area contributed by atoms with E-state index in [1.165, 1.54) is 16.7 Å². The molecule has 1 aliphatic heterocycles. The molecular formula is C28H34N2O2. The Morgan fingerprint density at radius 2 is 1.78 bits per heavy atom. The first-order valence-electron chi connectivity index (χ1n) is 12.0. The summed E-state index contributed by atoms with van der Waals surface area (Å²) < 4.78 is 0. The maximum Gasteiger partial charge on any atom is 0.226 e. The minimum absolute atomic E-state index is 0.121. The van der Waals surface area contributed by atoms with Crippen LogP contribution in [0.3, 0.4) is 0 Å². The Kier molecular flexibility index (Phi) is 7.09. The molecule has 0 bridgehead atoms. The van der Waals surface area contributed by atoms with Crippen LogP contribution in [-0.2, 0) is 16.0 Å². The van der Waals surface area contributed by atoms with Crippen LogP contribution < -0.4 is 5.32 Å². The highest BCUT2D eigenvalue weighted by Crippen LogP contribution is 2.37. The smallest absolute Gasteiger partial charge is 0.226 e. The van der Waals surface area contributed by atoms with Gasteiger partial charge >= 0.3 is 0 Å². The SMILES string of the molecule is CCNC(=O)C1(Cc2cccc(-c3ccccc3)c2)CCN(C(=O)C[C@@H]2C=CCC2)CC1. The third-order valence-corrected chi connectivity index (χ3v) is 7.02. The van der Waals surface area contributed by atoms with Gasteiger partial charge < -0.3 is 10.2 Å². The quantitative estimate of drug-likeness (QED) is 0.629. The highest BCUT2D eigenvalue weighted by molar-refractivity contribution is 5.84. The van der Waals surface area contributed by atoms with Gasteiger partial charge in [-0.3, -0.25) is 9.59 Å². The Morgan fingerprint density at radius 3 is 2.47 bits per heavy atom. The Balaban J connectivity index is 1.48. The van der Waals surface area contributed by atoms with Crippen LogP contribution >= 0.6 is 0 Å². The second-order valence-corrected chi connectivity index (χ2v) is 9.23. The van der Waals surface area contributed by atoms with Crippen molar-refractivity contribution in [2.75, 3.05) is 19.6 Å². The molecule has 4 rings (SSSR count). The lowest BCUT2D eigenvalue weighted by atomic mass is 9.72. The van der Waals surface area contributed by atoms with Crippen LogP contribution in [0.1, 0.15) is 44.6 Å². The number of piperidine rings is 1. The first-order chi connectivity index (χ1) is 15.6. The number of hydrogen-bond acceptors (Lipinski definition) is 2. The molecule has 0 radical (unpaired) electrons. The zero-order valence-electron chi connectivity index (χ0n) is 19.1. The van der Waals surface area contributed by atoms with E-state index in [4.69, 9.17) is 0 Å². The lowest BCUT2D eigenvalue weighted by Gasteiger charge is -2.41. The van der Waals surface area contributed by atoms with E-state index in [1.807, 2.05) is 30.0 Å². The van der Waals surface area contributed by atoms with Gasteiger partial charge in [0, 0.05) is 26.1 Å². The molecule has 1 N–H and O–H groups in total. The van der Waals surface area contributed by atoms with Crippen molar-refractivity contribution >= 4 is 11.8 Å². The largest absolute Gasteiger partial charge is 0.356 e. The number of nitrogens with zero attached hydrogens (tertiary/aromatic N) is 1. The molecule has 1 saturated heterocycles. The van der Waals surface area contributed by atoms with Crippen LogP contribution in [0.4, 0.5) is 0 Å². The molecule has 32 heavy (non-hydrogen) atoms. The van der Waals surface area contributed by atoms with Gasteiger partial charge in [0.15, 0.2) is 0 Å². The summed E-state index contributed by atoms with van der Waals surface area (Å²) in [6.07, 6.45) is 9.25. The van der Waals surface area contributed by atoms with E-state index in [1.54, 1.807) is 0 Å². The van der Waals surface area contributed by atoms with Crippen molar-refractivity contribution in [2.24, 2.45) is 11.3 Å². The number of rotatable bonds is 7. The number of amides is 2. The molecule has 2 amide bonds. The summed E-state index contributed by atoms with van der Waals surface area (Å²) in [5.74, 6) is 0.742. The fraction of sp³-hybridized carbons (Fsp3) is 0.429. The van der Waals surface area contributed by atoms with Gasteiger partial charge in [-0.25, -0.2) is 0 Å². The highest BCUT2D eigenvalue weighted by atomic mass is 16.2. The number of carbonyl (C=O) groups is 2. The number of allylic oxidation sites excluding steroid dienone is 2. The minimum atomic E-state index is -0.463. The van der Waals surface area contributed by atoms with E-state index in [9.17, 15) is 9.59 Å². The van der Waals surface area contributed by atoms with Crippen molar-refractivity contribution in [1.82, 2.24) is 10.2 Å². The summed E-state index contributed by atoms with van der Waals surface area (Å²) in [6.45, 7) is 3.91. The Hall–Kier alpha value is -2.88. The van der Waals surface area contributed by atoms with E-state index in [0.717, 1.165) is 12.8 Å². The monoisotopic (exact) mass is 430 g/mol. The molecule has 2 aromatic carbocycles. The van der Waals surface area contributed by atoms with E-state index < -0.39 is 5.41 Å². The van der Waals surface area contributed by atoms with Crippen LogP contribution in [0.15, 0.2) is 66.7 Å². The normalized spacial score (nSPS) is 19.7. The van der Waals surface area contributed by atoms with Crippen molar-refractivity contribution in [3.05, 3.63) is 72.3 Å². The summed E-state index contributed by atoms with van der Waals surface area (Å²) in [7, 11) is 0. The van der Waals surface area contributed by atoms with Crippen molar-refractivity contribution in [3.8, 4) is 11.1 Å². The van der Waals surface area contributed by atoms with Gasteiger partial charge in [-0.15, -0.1) is 0 Å². The van der Waals surface area contributed by atoms with Gasteiger partial charge in [0.25, 0.3) is 0 Å². The van der Waals surface area contributed by atoms with E-state index in [2.05, 4.69) is 53.9 Å². The average molecular weight is 431 g/mol. The van der Waals surface area contributed by atoms with Gasteiger partial charge in [-0.05, 0) is 61.6 Å². The topological polar surface area (TPSA) is 49.4 Å². The van der Waals surface area contributed by atoms with Gasteiger partial charge in [0.2, 0.25) is 11.8 Å². The molecular weight excluding hydrogens is 396 g/mol. The summed E-state index contributed by atoms with van der Waals surface area (Å²) in [5.41, 5.74) is 3.07. The van der Waals surface area contributed by atoms with Crippen molar-refractivity contribution in [3.63, 3.8) is 0 Å². The Morgan fingerprint density at radius 1 is 1.03 bits per heavy atom. The lowest BCUT2D eigenvalue weighted by Crippen LogP contribution is -2.51. The number of hydrogen-bond donors (Lipinski definition) is 1. The Bertz CT molecular complexity index is 958. The lowest BCUT2D eigenvalue weighted by molar-refractivity contribution is -0.141. The molecule has 4 heteroatoms. The zero-order valence-corrected chi connectivity index (χ0v) is 19.1. The third kappa shape index (κ3) is 5.12. The second-order valence-electron chi connectivity index (χ2n) is 9.23. The standard InChI is InChI=1S/C28H34N2O2/c1-2-29-27(32)28(15-17-30(18-16-28)26(31)20-22-9-6-7-10-22)21-23-11-8-14-25(19-23)24-12-4-3-5-13-24/h3-6,8-9,11-14,19,22H,2,7,10,15-18,20-21H2,1H3,(H,29,32)/t22-/m1/s1. The third-order valence-electron chi connectivity index (χ3n) is 7.02. The average Bonchev–Trinajstić information content (AvgIpc) is 3.33. The van der Waals surface area contributed by atoms with Gasteiger partial charge in [-0.2, -0.15) is 0 Å². The molecule has 0 saturated carbocycles. The highest BCUT2D eigenvalue weighted by Gasteiger charge is 2.42. The molecule has 2 aromatic rings. The Labute approximate surface area is 191 Å². The van der Waals surface area contributed by atoms with Gasteiger partial charge in [-0.1, -0.05) is 66.7 Å². The van der Waals surface area contributed by atoms with Crippen LogP contribution in [0.2, 0.25) is 0 Å². The van der Waals surface area contributed by atoms with Crippen molar-refractivity contribution < 1.29 is 9.59 Å². The molecule has 1 heterocycles. The van der Waals surface area contributed by atoms with Crippen LogP contribution in [-0.4, -0.2) is 36.3 Å². The minimum Gasteiger partial charge on any atom is -0.356 e. The summed E-state index contributed by atoms with van der Waals surface area (Å²) >= 11 is 0. The van der Waals surface area contributed by atoms with Crippen LogP contribution in [0.5, 0.6) is 0 Å². The fourth-order valence-electron chi connectivity index (χ4n) is 5.12. The summed E-state index contributed by atoms with van der Waals surface area (Å²) in [5, 5.41) is 3.07. The van der Waals surface area contributed by atoms with E-state index in [-0.39, 0.29) is 11.8 Å². The van der Waals surface area contributed by atoms with Crippen LogP contribution in [0.25, 0.3) is 11.1 Å². The number of likely N-dealkylation sites (tertiary alicyclic amines) is 1. The first kappa shape index (κ1) is 22.3. The van der Waals surface area contributed by atoms with Crippen molar-refractivity contribution in [1.29, 1.82) is 0 Å². The van der Waals surface area contributed by atoms with E-state index >= 15 is 0 Å². The maximum atomic E-state index is 13.2. The predicted molar refractivity (Wildman–Crippen MR) is 129 cm³/mol. The molecule has 168 valence electrons. The summed E-state index contributed by atoms with van der Waals surface area (Å²) in [6, 6.07) is 18.9. The fourth-order valence-corrected chi connectivity index (χ4v) is 5.12. The number of benzene rings is 2. The molecule has 1 atom stereocenters. The maximum absolute atomic E-state index is 13.2. The molecule has 1 fully saturated rings. The molecule has 0 spiro atoms. The van der Waals surface area contributed by atoms with E-state index in [0.29, 0.717) is 51.2 Å². The first-order valence-corrected chi connectivity index (χ1v) is 12.0. The molecule has 0 aromatic heterocycles. The molecule has 0 unspecified atom stereocenters. The zero-order chi connectivity index (χ0) is 22.4. The summed E-state index contributed by atoms with van der Waals surface area (Å²) in [4.78, 5) is 28.0.